The van der Waals surface area contributed by atoms with E-state index in [4.69, 9.17) is 4.42 Å². The van der Waals surface area contributed by atoms with Crippen LogP contribution in [0.2, 0.25) is 0 Å². The highest BCUT2D eigenvalue weighted by Crippen LogP contribution is 2.29. The Labute approximate surface area is 126 Å². The molecule has 0 unspecified atom stereocenters. The van der Waals surface area contributed by atoms with E-state index in [-0.39, 0.29) is 17.0 Å². The molecule has 110 valence electrons. The number of benzene rings is 2. The minimum absolute atomic E-state index is 0.100. The SMILES string of the molecule is CCc1oc2ccccc2c1C(=O)c1cccc([N+](=O)[O-])c1. The summed E-state index contributed by atoms with van der Waals surface area (Å²) in [6.07, 6.45) is 0.574. The number of hydrogen-bond acceptors (Lipinski definition) is 4. The first-order valence-electron chi connectivity index (χ1n) is 6.91. The Morgan fingerprint density at radius 1 is 1.18 bits per heavy atom. The Bertz CT molecular complexity index is 879. The molecule has 0 bridgehead atoms. The van der Waals surface area contributed by atoms with Crippen LogP contribution < -0.4 is 0 Å². The van der Waals surface area contributed by atoms with Gasteiger partial charge in [0.15, 0.2) is 5.78 Å². The number of para-hydroxylation sites is 1. The van der Waals surface area contributed by atoms with Gasteiger partial charge in [-0.15, -0.1) is 0 Å². The Balaban J connectivity index is 2.16. The van der Waals surface area contributed by atoms with Crippen molar-refractivity contribution in [1.82, 2.24) is 0 Å². The zero-order chi connectivity index (χ0) is 15.7. The van der Waals surface area contributed by atoms with Gasteiger partial charge in [-0.3, -0.25) is 14.9 Å². The molecule has 0 aliphatic heterocycles. The van der Waals surface area contributed by atoms with Crippen LogP contribution in [0.1, 0.15) is 28.6 Å². The number of ketones is 1. The Morgan fingerprint density at radius 3 is 2.68 bits per heavy atom. The lowest BCUT2D eigenvalue weighted by Gasteiger charge is -2.02. The van der Waals surface area contributed by atoms with Gasteiger partial charge in [-0.2, -0.15) is 0 Å². The Hall–Kier alpha value is -2.95. The highest BCUT2D eigenvalue weighted by atomic mass is 16.6. The molecule has 22 heavy (non-hydrogen) atoms. The smallest absolute Gasteiger partial charge is 0.270 e. The number of nitro groups is 1. The van der Waals surface area contributed by atoms with Crippen LogP contribution in [0, 0.1) is 10.1 Å². The van der Waals surface area contributed by atoms with Gasteiger partial charge in [0, 0.05) is 29.5 Å². The van der Waals surface area contributed by atoms with Gasteiger partial charge in [0.2, 0.25) is 0 Å². The first-order valence-corrected chi connectivity index (χ1v) is 6.91. The number of hydrogen-bond donors (Lipinski definition) is 0. The number of non-ortho nitro benzene ring substituents is 1. The second kappa shape index (κ2) is 5.44. The van der Waals surface area contributed by atoms with Crippen molar-refractivity contribution in [3.63, 3.8) is 0 Å². The molecule has 0 radical (unpaired) electrons. The summed E-state index contributed by atoms with van der Waals surface area (Å²) in [4.78, 5) is 23.2. The lowest BCUT2D eigenvalue weighted by molar-refractivity contribution is -0.384. The summed E-state index contributed by atoms with van der Waals surface area (Å²) >= 11 is 0. The summed E-state index contributed by atoms with van der Waals surface area (Å²) in [6, 6.07) is 13.1. The van der Waals surface area contributed by atoms with E-state index in [1.165, 1.54) is 18.2 Å². The fourth-order valence-corrected chi connectivity index (χ4v) is 2.50. The second-order valence-electron chi connectivity index (χ2n) is 4.89. The Kier molecular flexibility index (Phi) is 3.47. The predicted octanol–water partition coefficient (Wildman–Crippen LogP) is 4.13. The zero-order valence-corrected chi connectivity index (χ0v) is 11.9. The molecule has 0 atom stereocenters. The van der Waals surface area contributed by atoms with Crippen LogP contribution in [0.4, 0.5) is 5.69 Å². The lowest BCUT2D eigenvalue weighted by Crippen LogP contribution is -2.04. The van der Waals surface area contributed by atoms with E-state index in [0.29, 0.717) is 23.3 Å². The fraction of sp³-hybridized carbons (Fsp3) is 0.118. The average molecular weight is 295 g/mol. The van der Waals surface area contributed by atoms with Crippen molar-refractivity contribution in [3.05, 3.63) is 75.5 Å². The minimum atomic E-state index is -0.509. The molecule has 0 fully saturated rings. The number of aryl methyl sites for hydroxylation is 1. The number of fused-ring (bicyclic) bond motifs is 1. The Morgan fingerprint density at radius 2 is 1.95 bits per heavy atom. The monoisotopic (exact) mass is 295 g/mol. The van der Waals surface area contributed by atoms with Crippen LogP contribution in [-0.4, -0.2) is 10.7 Å². The number of carbonyl (C=O) groups excluding carboxylic acids is 1. The molecular formula is C17H13NO4. The van der Waals surface area contributed by atoms with Crippen LogP contribution >= 0.6 is 0 Å². The lowest BCUT2D eigenvalue weighted by atomic mass is 9.99. The van der Waals surface area contributed by atoms with Crippen molar-refractivity contribution in [2.45, 2.75) is 13.3 Å². The average Bonchev–Trinajstić information content (AvgIpc) is 2.92. The molecule has 1 aromatic heterocycles. The van der Waals surface area contributed by atoms with Gasteiger partial charge in [-0.1, -0.05) is 37.3 Å². The maximum Gasteiger partial charge on any atom is 0.270 e. The molecule has 0 saturated heterocycles. The largest absolute Gasteiger partial charge is 0.460 e. The molecule has 3 aromatic rings. The van der Waals surface area contributed by atoms with Crippen LogP contribution in [0.5, 0.6) is 0 Å². The maximum absolute atomic E-state index is 12.8. The van der Waals surface area contributed by atoms with Crippen molar-refractivity contribution >= 4 is 22.4 Å². The first-order chi connectivity index (χ1) is 10.6. The second-order valence-corrected chi connectivity index (χ2v) is 4.89. The third-order valence-electron chi connectivity index (χ3n) is 3.54. The summed E-state index contributed by atoms with van der Waals surface area (Å²) in [5.74, 6) is 0.336. The van der Waals surface area contributed by atoms with E-state index in [2.05, 4.69) is 0 Å². The number of nitro benzene ring substituents is 1. The molecule has 0 saturated carbocycles. The molecular weight excluding hydrogens is 282 g/mol. The van der Waals surface area contributed by atoms with Crippen molar-refractivity contribution in [1.29, 1.82) is 0 Å². The molecule has 0 aliphatic rings. The summed E-state index contributed by atoms with van der Waals surface area (Å²) in [5, 5.41) is 11.6. The fourth-order valence-electron chi connectivity index (χ4n) is 2.50. The van der Waals surface area contributed by atoms with Crippen LogP contribution in [0.25, 0.3) is 11.0 Å². The van der Waals surface area contributed by atoms with Gasteiger partial charge in [-0.05, 0) is 6.07 Å². The van der Waals surface area contributed by atoms with E-state index < -0.39 is 4.92 Å². The highest BCUT2D eigenvalue weighted by molar-refractivity contribution is 6.17. The zero-order valence-electron chi connectivity index (χ0n) is 11.9. The number of rotatable bonds is 4. The molecule has 0 aliphatic carbocycles. The molecule has 3 rings (SSSR count). The van der Waals surface area contributed by atoms with Gasteiger partial charge in [-0.25, -0.2) is 0 Å². The van der Waals surface area contributed by atoms with Gasteiger partial charge in [0.1, 0.15) is 11.3 Å². The molecule has 5 heteroatoms. The van der Waals surface area contributed by atoms with Crippen molar-refractivity contribution in [2.24, 2.45) is 0 Å². The van der Waals surface area contributed by atoms with E-state index in [1.807, 2.05) is 25.1 Å². The molecule has 0 amide bonds. The third kappa shape index (κ3) is 2.26. The van der Waals surface area contributed by atoms with Gasteiger partial charge in [0.25, 0.3) is 5.69 Å². The number of carbonyl (C=O) groups is 1. The predicted molar refractivity (Wildman–Crippen MR) is 82.1 cm³/mol. The summed E-state index contributed by atoms with van der Waals surface area (Å²) in [5.41, 5.74) is 1.32. The quantitative estimate of drug-likeness (QED) is 0.412. The van der Waals surface area contributed by atoms with E-state index in [9.17, 15) is 14.9 Å². The van der Waals surface area contributed by atoms with E-state index in [1.54, 1.807) is 12.1 Å². The molecule has 5 nitrogen and oxygen atoms in total. The maximum atomic E-state index is 12.8. The van der Waals surface area contributed by atoms with Crippen LogP contribution in [0.3, 0.4) is 0 Å². The topological polar surface area (TPSA) is 73.3 Å². The summed E-state index contributed by atoms with van der Waals surface area (Å²) in [6.45, 7) is 1.90. The van der Waals surface area contributed by atoms with Crippen molar-refractivity contribution in [2.75, 3.05) is 0 Å². The van der Waals surface area contributed by atoms with Crippen LogP contribution in [-0.2, 0) is 6.42 Å². The number of furan rings is 1. The molecule has 0 N–H and O–H groups in total. The molecule has 0 spiro atoms. The third-order valence-corrected chi connectivity index (χ3v) is 3.54. The first kappa shape index (κ1) is 14.0. The van der Waals surface area contributed by atoms with Crippen molar-refractivity contribution in [3.8, 4) is 0 Å². The van der Waals surface area contributed by atoms with E-state index >= 15 is 0 Å². The van der Waals surface area contributed by atoms with Crippen LogP contribution in [0.15, 0.2) is 52.9 Å². The number of nitrogens with zero attached hydrogens (tertiary/aromatic N) is 1. The molecule has 1 heterocycles. The minimum Gasteiger partial charge on any atom is -0.460 e. The van der Waals surface area contributed by atoms with Crippen molar-refractivity contribution < 1.29 is 14.1 Å². The van der Waals surface area contributed by atoms with Gasteiger partial charge < -0.3 is 4.42 Å². The standard InChI is InChI=1S/C17H13NO4/c1-2-14-16(13-8-3-4-9-15(13)22-14)17(19)11-6-5-7-12(10-11)18(20)21/h3-10H,2H2,1H3. The van der Waals surface area contributed by atoms with Gasteiger partial charge >= 0.3 is 0 Å². The summed E-state index contributed by atoms with van der Waals surface area (Å²) < 4.78 is 5.71. The molecule has 2 aromatic carbocycles. The highest BCUT2D eigenvalue weighted by Gasteiger charge is 2.22. The summed E-state index contributed by atoms with van der Waals surface area (Å²) in [7, 11) is 0. The van der Waals surface area contributed by atoms with E-state index in [0.717, 1.165) is 5.39 Å². The normalized spacial score (nSPS) is 10.8. The van der Waals surface area contributed by atoms with Gasteiger partial charge in [0.05, 0.1) is 10.5 Å².